The van der Waals surface area contributed by atoms with E-state index >= 15 is 0 Å². The van der Waals surface area contributed by atoms with E-state index < -0.39 is 5.91 Å². The van der Waals surface area contributed by atoms with Crippen LogP contribution >= 0.6 is 0 Å². The first-order chi connectivity index (χ1) is 8.09. The number of amides is 1. The van der Waals surface area contributed by atoms with Crippen LogP contribution in [-0.2, 0) is 0 Å². The van der Waals surface area contributed by atoms with Crippen LogP contribution in [0.15, 0.2) is 42.5 Å². The topological polar surface area (TPSA) is 69.1 Å². The molecule has 17 heavy (non-hydrogen) atoms. The number of carbonyl (C=O) groups excluding carboxylic acids is 1. The van der Waals surface area contributed by atoms with Gasteiger partial charge >= 0.3 is 0 Å². The van der Waals surface area contributed by atoms with Gasteiger partial charge in [-0.05, 0) is 41.8 Å². The Morgan fingerprint density at radius 2 is 1.76 bits per heavy atom. The summed E-state index contributed by atoms with van der Waals surface area (Å²) >= 11 is 0. The molecular formula is C14H14N2O. The van der Waals surface area contributed by atoms with E-state index in [9.17, 15) is 4.79 Å². The molecule has 1 amide bonds. The molecule has 3 heteroatoms. The van der Waals surface area contributed by atoms with Crippen LogP contribution in [0.3, 0.4) is 0 Å². The van der Waals surface area contributed by atoms with Crippen LogP contribution in [0.25, 0.3) is 11.1 Å². The number of rotatable bonds is 2. The van der Waals surface area contributed by atoms with Gasteiger partial charge in [0, 0.05) is 11.3 Å². The third-order valence-electron chi connectivity index (χ3n) is 2.74. The minimum Gasteiger partial charge on any atom is -0.399 e. The van der Waals surface area contributed by atoms with Crippen molar-refractivity contribution in [3.63, 3.8) is 0 Å². The van der Waals surface area contributed by atoms with Gasteiger partial charge in [0.15, 0.2) is 0 Å². The van der Waals surface area contributed by atoms with Gasteiger partial charge in [0.1, 0.15) is 0 Å². The number of primary amides is 1. The third-order valence-corrected chi connectivity index (χ3v) is 2.74. The number of hydrogen-bond donors (Lipinski definition) is 2. The van der Waals surface area contributed by atoms with Gasteiger partial charge in [-0.1, -0.05) is 24.3 Å². The molecule has 0 bridgehead atoms. The maximum atomic E-state index is 11.4. The lowest BCUT2D eigenvalue weighted by atomic mass is 9.95. The van der Waals surface area contributed by atoms with Crippen LogP contribution < -0.4 is 11.5 Å². The Morgan fingerprint density at radius 3 is 2.47 bits per heavy atom. The lowest BCUT2D eigenvalue weighted by Crippen LogP contribution is -2.12. The molecule has 4 N–H and O–H groups in total. The highest BCUT2D eigenvalue weighted by Crippen LogP contribution is 2.28. The van der Waals surface area contributed by atoms with Gasteiger partial charge in [-0.15, -0.1) is 0 Å². The van der Waals surface area contributed by atoms with Gasteiger partial charge < -0.3 is 11.5 Å². The molecule has 0 saturated heterocycles. The summed E-state index contributed by atoms with van der Waals surface area (Å²) < 4.78 is 0. The fourth-order valence-electron chi connectivity index (χ4n) is 1.86. The van der Waals surface area contributed by atoms with E-state index in [0.717, 1.165) is 16.7 Å². The monoisotopic (exact) mass is 226 g/mol. The van der Waals surface area contributed by atoms with Crippen LogP contribution in [0.4, 0.5) is 5.69 Å². The minimum absolute atomic E-state index is 0.428. The number of nitrogen functional groups attached to an aromatic ring is 1. The molecule has 0 aromatic heterocycles. The Morgan fingerprint density at radius 1 is 1.06 bits per heavy atom. The van der Waals surface area contributed by atoms with Crippen molar-refractivity contribution in [1.29, 1.82) is 0 Å². The van der Waals surface area contributed by atoms with Crippen LogP contribution in [-0.4, -0.2) is 5.91 Å². The van der Waals surface area contributed by atoms with Crippen molar-refractivity contribution < 1.29 is 4.79 Å². The fraction of sp³-hybridized carbons (Fsp3) is 0.0714. The highest BCUT2D eigenvalue weighted by atomic mass is 16.1. The smallest absolute Gasteiger partial charge is 0.249 e. The SMILES string of the molecule is Cc1ccc(N)cc1-c1ccccc1C(N)=O. The number of hydrogen-bond acceptors (Lipinski definition) is 2. The number of aryl methyl sites for hydroxylation is 1. The first-order valence-electron chi connectivity index (χ1n) is 5.35. The molecular weight excluding hydrogens is 212 g/mol. The summed E-state index contributed by atoms with van der Waals surface area (Å²) in [5, 5.41) is 0. The van der Waals surface area contributed by atoms with Crippen molar-refractivity contribution in [2.75, 3.05) is 5.73 Å². The lowest BCUT2D eigenvalue weighted by molar-refractivity contribution is 0.100. The summed E-state index contributed by atoms with van der Waals surface area (Å²) in [4.78, 5) is 11.4. The average Bonchev–Trinajstić information content (AvgIpc) is 2.32. The molecule has 0 spiro atoms. The first kappa shape index (κ1) is 11.2. The van der Waals surface area contributed by atoms with Gasteiger partial charge in [-0.3, -0.25) is 4.79 Å². The Balaban J connectivity index is 2.68. The molecule has 0 unspecified atom stereocenters. The van der Waals surface area contributed by atoms with Gasteiger partial charge in [0.2, 0.25) is 5.91 Å². The Hall–Kier alpha value is -2.29. The molecule has 0 aliphatic carbocycles. The zero-order chi connectivity index (χ0) is 12.4. The van der Waals surface area contributed by atoms with Crippen molar-refractivity contribution >= 4 is 11.6 Å². The second kappa shape index (κ2) is 4.29. The Kier molecular flexibility index (Phi) is 2.83. The Bertz CT molecular complexity index is 576. The zero-order valence-electron chi connectivity index (χ0n) is 9.60. The van der Waals surface area contributed by atoms with Crippen LogP contribution in [0.2, 0.25) is 0 Å². The summed E-state index contributed by atoms with van der Waals surface area (Å²) in [6.07, 6.45) is 0. The summed E-state index contributed by atoms with van der Waals surface area (Å²) in [7, 11) is 0. The maximum absolute atomic E-state index is 11.4. The summed E-state index contributed by atoms with van der Waals surface area (Å²) in [5.41, 5.74) is 15.2. The van der Waals surface area contributed by atoms with Gasteiger partial charge in [0.25, 0.3) is 0 Å². The predicted octanol–water partition coefficient (Wildman–Crippen LogP) is 2.34. The number of carbonyl (C=O) groups is 1. The zero-order valence-corrected chi connectivity index (χ0v) is 9.60. The van der Waals surface area contributed by atoms with E-state index in [2.05, 4.69) is 0 Å². The van der Waals surface area contributed by atoms with E-state index in [1.807, 2.05) is 37.3 Å². The van der Waals surface area contributed by atoms with E-state index in [1.54, 1.807) is 12.1 Å². The van der Waals surface area contributed by atoms with Gasteiger partial charge in [-0.25, -0.2) is 0 Å². The minimum atomic E-state index is -0.428. The molecule has 86 valence electrons. The second-order valence-electron chi connectivity index (χ2n) is 3.98. The molecule has 0 heterocycles. The molecule has 0 radical (unpaired) electrons. The first-order valence-corrected chi connectivity index (χ1v) is 5.35. The summed E-state index contributed by atoms with van der Waals surface area (Å²) in [5.74, 6) is -0.428. The summed E-state index contributed by atoms with van der Waals surface area (Å²) in [6.45, 7) is 1.98. The fourth-order valence-corrected chi connectivity index (χ4v) is 1.86. The Labute approximate surface area is 100 Å². The molecule has 0 aliphatic heterocycles. The molecule has 0 atom stereocenters. The molecule has 2 aromatic carbocycles. The van der Waals surface area contributed by atoms with Crippen LogP contribution in [0.1, 0.15) is 15.9 Å². The predicted molar refractivity (Wildman–Crippen MR) is 69.5 cm³/mol. The highest BCUT2D eigenvalue weighted by Gasteiger charge is 2.11. The number of benzene rings is 2. The van der Waals surface area contributed by atoms with Crippen LogP contribution in [0, 0.1) is 6.92 Å². The van der Waals surface area contributed by atoms with E-state index in [-0.39, 0.29) is 0 Å². The van der Waals surface area contributed by atoms with Crippen molar-refractivity contribution in [3.8, 4) is 11.1 Å². The highest BCUT2D eigenvalue weighted by molar-refractivity contribution is 6.00. The molecule has 2 aromatic rings. The maximum Gasteiger partial charge on any atom is 0.249 e. The molecule has 2 rings (SSSR count). The summed E-state index contributed by atoms with van der Waals surface area (Å²) in [6, 6.07) is 12.9. The molecule has 0 fully saturated rings. The number of anilines is 1. The molecule has 0 saturated carbocycles. The molecule has 3 nitrogen and oxygen atoms in total. The largest absolute Gasteiger partial charge is 0.399 e. The van der Waals surface area contributed by atoms with Crippen molar-refractivity contribution in [1.82, 2.24) is 0 Å². The van der Waals surface area contributed by atoms with Crippen molar-refractivity contribution in [2.24, 2.45) is 5.73 Å². The van der Waals surface area contributed by atoms with Crippen LogP contribution in [0.5, 0.6) is 0 Å². The second-order valence-corrected chi connectivity index (χ2v) is 3.98. The van der Waals surface area contributed by atoms with E-state index in [1.165, 1.54) is 0 Å². The third kappa shape index (κ3) is 2.13. The van der Waals surface area contributed by atoms with Gasteiger partial charge in [0.05, 0.1) is 0 Å². The van der Waals surface area contributed by atoms with Gasteiger partial charge in [-0.2, -0.15) is 0 Å². The van der Waals surface area contributed by atoms with E-state index in [4.69, 9.17) is 11.5 Å². The van der Waals surface area contributed by atoms with Crippen molar-refractivity contribution in [3.05, 3.63) is 53.6 Å². The quantitative estimate of drug-likeness (QED) is 0.772. The van der Waals surface area contributed by atoms with E-state index in [0.29, 0.717) is 11.3 Å². The molecule has 0 aliphatic rings. The standard InChI is InChI=1S/C14H14N2O/c1-9-6-7-10(15)8-13(9)11-4-2-3-5-12(11)14(16)17/h2-8H,15H2,1H3,(H2,16,17). The number of nitrogens with two attached hydrogens (primary N) is 2. The average molecular weight is 226 g/mol. The normalized spacial score (nSPS) is 10.2. The van der Waals surface area contributed by atoms with Crippen molar-refractivity contribution in [2.45, 2.75) is 6.92 Å². The lowest BCUT2D eigenvalue weighted by Gasteiger charge is -2.10.